The predicted molar refractivity (Wildman–Crippen MR) is 89.6 cm³/mol. The highest BCUT2D eigenvalue weighted by Gasteiger charge is 2.23. The molecule has 2 aromatic carbocycles. The Bertz CT molecular complexity index is 862. The first-order valence-corrected chi connectivity index (χ1v) is 8.05. The highest BCUT2D eigenvalue weighted by Crippen LogP contribution is 2.36. The highest BCUT2D eigenvalue weighted by atomic mass is 16.4. The Morgan fingerprint density at radius 2 is 1.83 bits per heavy atom. The van der Waals surface area contributed by atoms with Gasteiger partial charge in [0.2, 0.25) is 0 Å². The molecule has 0 aliphatic heterocycles. The van der Waals surface area contributed by atoms with Crippen molar-refractivity contribution in [3.63, 3.8) is 0 Å². The smallest absolute Gasteiger partial charge is 0.335 e. The summed E-state index contributed by atoms with van der Waals surface area (Å²) in [6, 6.07) is 15.8. The molecule has 0 spiro atoms. The molecule has 3 aromatic rings. The number of hydrogen-bond acceptors (Lipinski definition) is 2. The Balaban J connectivity index is 1.96. The molecule has 4 rings (SSSR count). The van der Waals surface area contributed by atoms with E-state index in [-0.39, 0.29) is 5.56 Å². The van der Waals surface area contributed by atoms with E-state index in [2.05, 4.69) is 16.7 Å². The van der Waals surface area contributed by atoms with E-state index in [0.29, 0.717) is 6.04 Å². The molecule has 0 amide bonds. The molecule has 1 heterocycles. The Labute approximate surface area is 134 Å². The first-order chi connectivity index (χ1) is 11.2. The number of benzene rings is 2. The fraction of sp³-hybridized carbons (Fsp3) is 0.263. The van der Waals surface area contributed by atoms with Gasteiger partial charge in [-0.1, -0.05) is 43.2 Å². The van der Waals surface area contributed by atoms with Crippen LogP contribution >= 0.6 is 0 Å². The lowest BCUT2D eigenvalue weighted by atomic mass is 10.1. The van der Waals surface area contributed by atoms with Crippen molar-refractivity contribution in [2.45, 2.75) is 31.7 Å². The second-order valence-corrected chi connectivity index (χ2v) is 6.12. The van der Waals surface area contributed by atoms with Gasteiger partial charge in [-0.3, -0.25) is 0 Å². The Kier molecular flexibility index (Phi) is 3.37. The van der Waals surface area contributed by atoms with Gasteiger partial charge < -0.3 is 9.67 Å². The van der Waals surface area contributed by atoms with Gasteiger partial charge in [0.1, 0.15) is 5.82 Å². The van der Waals surface area contributed by atoms with Gasteiger partial charge in [0, 0.05) is 11.6 Å². The molecule has 1 fully saturated rings. The van der Waals surface area contributed by atoms with Crippen LogP contribution in [-0.2, 0) is 0 Å². The lowest BCUT2D eigenvalue weighted by Gasteiger charge is -2.16. The highest BCUT2D eigenvalue weighted by molar-refractivity contribution is 5.93. The predicted octanol–water partition coefficient (Wildman–Crippen LogP) is 4.52. The molecular weight excluding hydrogens is 288 g/mol. The largest absolute Gasteiger partial charge is 0.478 e. The van der Waals surface area contributed by atoms with Gasteiger partial charge in [-0.2, -0.15) is 0 Å². The summed E-state index contributed by atoms with van der Waals surface area (Å²) in [6.07, 6.45) is 4.80. The van der Waals surface area contributed by atoms with Crippen molar-refractivity contribution in [1.29, 1.82) is 0 Å². The van der Waals surface area contributed by atoms with Crippen molar-refractivity contribution >= 4 is 17.0 Å². The summed E-state index contributed by atoms with van der Waals surface area (Å²) in [7, 11) is 0. The lowest BCUT2D eigenvalue weighted by Crippen LogP contribution is -2.06. The van der Waals surface area contributed by atoms with E-state index in [4.69, 9.17) is 4.98 Å². The van der Waals surface area contributed by atoms with Crippen molar-refractivity contribution < 1.29 is 9.90 Å². The van der Waals surface area contributed by atoms with Crippen LogP contribution in [0.15, 0.2) is 48.5 Å². The summed E-state index contributed by atoms with van der Waals surface area (Å²) in [4.78, 5) is 16.0. The van der Waals surface area contributed by atoms with Crippen LogP contribution in [0.2, 0.25) is 0 Å². The third-order valence-electron chi connectivity index (χ3n) is 4.66. The topological polar surface area (TPSA) is 55.1 Å². The molecule has 4 heteroatoms. The van der Waals surface area contributed by atoms with Gasteiger partial charge in [0.25, 0.3) is 0 Å². The van der Waals surface area contributed by atoms with Crippen molar-refractivity contribution in [2.75, 3.05) is 0 Å². The van der Waals surface area contributed by atoms with Crippen LogP contribution in [0.25, 0.3) is 22.4 Å². The molecular formula is C19H18N2O2. The van der Waals surface area contributed by atoms with Crippen molar-refractivity contribution in [3.05, 3.63) is 54.1 Å². The molecule has 0 saturated heterocycles. The second-order valence-electron chi connectivity index (χ2n) is 6.12. The minimum absolute atomic E-state index is 0.285. The van der Waals surface area contributed by atoms with Crippen LogP contribution in [0.4, 0.5) is 0 Å². The Morgan fingerprint density at radius 1 is 1.09 bits per heavy atom. The number of imidazole rings is 1. The zero-order valence-electron chi connectivity index (χ0n) is 12.8. The number of fused-ring (bicyclic) bond motifs is 1. The van der Waals surface area contributed by atoms with Gasteiger partial charge in [0.15, 0.2) is 0 Å². The molecule has 1 N–H and O–H groups in total. The molecule has 0 atom stereocenters. The number of aromatic carboxylic acids is 1. The van der Waals surface area contributed by atoms with E-state index in [9.17, 15) is 9.90 Å². The molecule has 1 aliphatic rings. The first-order valence-electron chi connectivity index (χ1n) is 8.05. The third kappa shape index (κ3) is 2.40. The summed E-state index contributed by atoms with van der Waals surface area (Å²) >= 11 is 0. The van der Waals surface area contributed by atoms with Crippen LogP contribution in [0.3, 0.4) is 0 Å². The van der Waals surface area contributed by atoms with Crippen molar-refractivity contribution in [1.82, 2.24) is 9.55 Å². The maximum atomic E-state index is 11.2. The number of carboxylic acid groups (broad SMARTS) is 1. The lowest BCUT2D eigenvalue weighted by molar-refractivity contribution is 0.0697. The number of carbonyl (C=O) groups is 1. The van der Waals surface area contributed by atoms with E-state index >= 15 is 0 Å². The zero-order valence-corrected chi connectivity index (χ0v) is 12.8. The Hall–Kier alpha value is -2.62. The molecule has 4 nitrogen and oxygen atoms in total. The molecule has 0 unspecified atom stereocenters. The number of nitrogens with zero attached hydrogens (tertiary/aromatic N) is 2. The molecule has 116 valence electrons. The quantitative estimate of drug-likeness (QED) is 0.774. The van der Waals surface area contributed by atoms with Gasteiger partial charge in [0.05, 0.1) is 16.6 Å². The SMILES string of the molecule is O=C(O)c1ccc2c(c1)nc(-c1ccccc1)n2C1CCCC1. The summed E-state index contributed by atoms with van der Waals surface area (Å²) in [6.45, 7) is 0. The average Bonchev–Trinajstić information content (AvgIpc) is 3.21. The molecule has 1 aromatic heterocycles. The van der Waals surface area contributed by atoms with Gasteiger partial charge in [-0.15, -0.1) is 0 Å². The molecule has 1 saturated carbocycles. The van der Waals surface area contributed by atoms with Crippen LogP contribution in [0.1, 0.15) is 42.1 Å². The number of carboxylic acids is 1. The molecule has 23 heavy (non-hydrogen) atoms. The third-order valence-corrected chi connectivity index (χ3v) is 4.66. The van der Waals surface area contributed by atoms with E-state index in [1.165, 1.54) is 12.8 Å². The maximum Gasteiger partial charge on any atom is 0.335 e. The number of rotatable bonds is 3. The van der Waals surface area contributed by atoms with Crippen molar-refractivity contribution in [3.8, 4) is 11.4 Å². The molecule has 1 aliphatic carbocycles. The van der Waals surface area contributed by atoms with E-state index in [0.717, 1.165) is 35.3 Å². The normalized spacial score (nSPS) is 15.3. The standard InChI is InChI=1S/C19H18N2O2/c22-19(23)14-10-11-17-16(12-14)20-18(13-6-2-1-3-7-13)21(17)15-8-4-5-9-15/h1-3,6-7,10-12,15H,4-5,8-9H2,(H,22,23). The minimum Gasteiger partial charge on any atom is -0.478 e. The minimum atomic E-state index is -0.913. The second kappa shape index (κ2) is 5.54. The van der Waals surface area contributed by atoms with E-state index in [1.54, 1.807) is 12.1 Å². The number of hydrogen-bond donors (Lipinski definition) is 1. The van der Waals surface area contributed by atoms with Crippen molar-refractivity contribution in [2.24, 2.45) is 0 Å². The summed E-state index contributed by atoms with van der Waals surface area (Å²) in [5.74, 6) is 0.0265. The van der Waals surface area contributed by atoms with Crippen LogP contribution in [-0.4, -0.2) is 20.6 Å². The van der Waals surface area contributed by atoms with Gasteiger partial charge >= 0.3 is 5.97 Å². The summed E-state index contributed by atoms with van der Waals surface area (Å²) in [5.41, 5.74) is 3.15. The van der Waals surface area contributed by atoms with E-state index < -0.39 is 5.97 Å². The van der Waals surface area contributed by atoms with Gasteiger partial charge in [-0.25, -0.2) is 9.78 Å². The monoisotopic (exact) mass is 306 g/mol. The van der Waals surface area contributed by atoms with Crippen LogP contribution < -0.4 is 0 Å². The zero-order chi connectivity index (χ0) is 15.8. The van der Waals surface area contributed by atoms with Crippen LogP contribution in [0, 0.1) is 0 Å². The fourth-order valence-electron chi connectivity index (χ4n) is 3.55. The maximum absolute atomic E-state index is 11.2. The molecule has 0 bridgehead atoms. The van der Waals surface area contributed by atoms with Gasteiger partial charge in [-0.05, 0) is 31.0 Å². The first kappa shape index (κ1) is 14.0. The summed E-state index contributed by atoms with van der Waals surface area (Å²) < 4.78 is 2.31. The fourth-order valence-corrected chi connectivity index (χ4v) is 3.55. The van der Waals surface area contributed by atoms with E-state index in [1.807, 2.05) is 24.3 Å². The van der Waals surface area contributed by atoms with Crippen LogP contribution in [0.5, 0.6) is 0 Å². The average molecular weight is 306 g/mol. The summed E-state index contributed by atoms with van der Waals surface area (Å²) in [5, 5.41) is 9.21. The Morgan fingerprint density at radius 3 is 2.52 bits per heavy atom. The molecule has 0 radical (unpaired) electrons. The number of aromatic nitrogens is 2.